The summed E-state index contributed by atoms with van der Waals surface area (Å²) in [5.41, 5.74) is 1.52. The average Bonchev–Trinajstić information content (AvgIpc) is 2.80. The Morgan fingerprint density at radius 3 is 1.68 bits per heavy atom. The molecule has 31 heavy (non-hydrogen) atoms. The maximum atomic E-state index is 2.44. The molecule has 0 saturated heterocycles. The Morgan fingerprint density at radius 1 is 0.516 bits per heavy atom. The van der Waals surface area contributed by atoms with Crippen LogP contribution in [0.5, 0.6) is 0 Å². The molecule has 2 aromatic carbocycles. The summed E-state index contributed by atoms with van der Waals surface area (Å²) in [5, 5.41) is 2.82. The second-order valence-corrected chi connectivity index (χ2v) is 9.39. The van der Waals surface area contributed by atoms with Crippen LogP contribution >= 0.6 is 0 Å². The van der Waals surface area contributed by atoms with Gasteiger partial charge in [-0.15, -0.1) is 0 Å². The van der Waals surface area contributed by atoms with Crippen LogP contribution in [-0.4, -0.2) is 0 Å². The highest BCUT2D eigenvalue weighted by Crippen LogP contribution is 2.21. The summed E-state index contributed by atoms with van der Waals surface area (Å²) in [6.45, 7) is 2.29. The van der Waals surface area contributed by atoms with Crippen LogP contribution in [0.4, 0.5) is 0 Å². The molecule has 0 fully saturated rings. The molecule has 0 radical (unpaired) electrons. The molecule has 0 amide bonds. The molecule has 2 aromatic rings. The number of fused-ring (bicyclic) bond motifs is 1. The van der Waals surface area contributed by atoms with Gasteiger partial charge in [-0.3, -0.25) is 0 Å². The van der Waals surface area contributed by atoms with E-state index in [9.17, 15) is 0 Å². The molecule has 0 aliphatic rings. The van der Waals surface area contributed by atoms with Crippen molar-refractivity contribution in [2.45, 2.75) is 122 Å². The van der Waals surface area contributed by atoms with Crippen LogP contribution in [0.3, 0.4) is 0 Å². The van der Waals surface area contributed by atoms with Crippen molar-refractivity contribution in [3.8, 4) is 0 Å². The van der Waals surface area contributed by atoms with Crippen molar-refractivity contribution in [3.05, 3.63) is 60.2 Å². The Bertz CT molecular complexity index is 691. The molecule has 0 N–H and O–H groups in total. The van der Waals surface area contributed by atoms with Crippen LogP contribution in [0.25, 0.3) is 10.8 Å². The molecule has 0 bridgehead atoms. The van der Waals surface area contributed by atoms with Gasteiger partial charge >= 0.3 is 0 Å². The SMILES string of the molecule is CCCCCCCCCCC/C=C/CCCCCCCCc1cccc2ccccc12. The highest BCUT2D eigenvalue weighted by molar-refractivity contribution is 5.85. The Hall–Kier alpha value is -1.56. The molecule has 0 saturated carbocycles. The van der Waals surface area contributed by atoms with Crippen molar-refractivity contribution in [1.29, 1.82) is 0 Å². The summed E-state index contributed by atoms with van der Waals surface area (Å²) < 4.78 is 0. The lowest BCUT2D eigenvalue weighted by molar-refractivity contribution is 0.566. The smallest absolute Gasteiger partial charge is 0.0152 e. The second-order valence-electron chi connectivity index (χ2n) is 9.39. The molecule has 0 heteroatoms. The van der Waals surface area contributed by atoms with Crippen LogP contribution in [0, 0.1) is 0 Å². The minimum atomic E-state index is 1.23. The van der Waals surface area contributed by atoms with E-state index in [4.69, 9.17) is 0 Å². The lowest BCUT2D eigenvalue weighted by Gasteiger charge is -2.06. The van der Waals surface area contributed by atoms with Crippen molar-refractivity contribution >= 4 is 10.8 Å². The fraction of sp³-hybridized carbons (Fsp3) is 0.613. The number of hydrogen-bond donors (Lipinski definition) is 0. The number of allylic oxidation sites excluding steroid dienone is 2. The highest BCUT2D eigenvalue weighted by Gasteiger charge is 2.00. The van der Waals surface area contributed by atoms with Crippen molar-refractivity contribution in [2.75, 3.05) is 0 Å². The second kappa shape index (κ2) is 18.1. The minimum Gasteiger partial charge on any atom is -0.0885 e. The molecule has 0 aliphatic carbocycles. The normalized spacial score (nSPS) is 11.6. The Morgan fingerprint density at radius 2 is 1.03 bits per heavy atom. The third kappa shape index (κ3) is 12.2. The zero-order valence-corrected chi connectivity index (χ0v) is 20.4. The first-order chi connectivity index (χ1) is 15.4. The molecule has 0 aromatic heterocycles. The molecule has 0 aliphatic heterocycles. The first-order valence-electron chi connectivity index (χ1n) is 13.5. The first-order valence-corrected chi connectivity index (χ1v) is 13.5. The van der Waals surface area contributed by atoms with E-state index < -0.39 is 0 Å². The Labute approximate surface area is 193 Å². The summed E-state index contributed by atoms with van der Waals surface area (Å²) in [5.74, 6) is 0. The molecule has 0 heterocycles. The van der Waals surface area contributed by atoms with Crippen molar-refractivity contribution in [2.24, 2.45) is 0 Å². The number of rotatable bonds is 19. The molecule has 0 spiro atoms. The summed E-state index contributed by atoms with van der Waals surface area (Å²) in [4.78, 5) is 0. The van der Waals surface area contributed by atoms with Gasteiger partial charge in [0, 0.05) is 0 Å². The maximum absolute atomic E-state index is 2.44. The van der Waals surface area contributed by atoms with Crippen LogP contribution < -0.4 is 0 Å². The molecule has 2 rings (SSSR count). The first kappa shape index (κ1) is 25.7. The van der Waals surface area contributed by atoms with Crippen LogP contribution in [-0.2, 0) is 6.42 Å². The van der Waals surface area contributed by atoms with E-state index >= 15 is 0 Å². The third-order valence-electron chi connectivity index (χ3n) is 6.59. The molecule has 0 unspecified atom stereocenters. The lowest BCUT2D eigenvalue weighted by atomic mass is 9.99. The Balaban J connectivity index is 1.35. The van der Waals surface area contributed by atoms with Crippen molar-refractivity contribution < 1.29 is 0 Å². The fourth-order valence-corrected chi connectivity index (χ4v) is 4.60. The molecule has 0 atom stereocenters. The molecule has 172 valence electrons. The van der Waals surface area contributed by atoms with E-state index in [0.717, 1.165) is 0 Å². The van der Waals surface area contributed by atoms with E-state index in [1.807, 2.05) is 0 Å². The van der Waals surface area contributed by atoms with Gasteiger partial charge in [-0.1, -0.05) is 139 Å². The van der Waals surface area contributed by atoms with Gasteiger partial charge < -0.3 is 0 Å². The summed E-state index contributed by atoms with van der Waals surface area (Å²) in [7, 11) is 0. The zero-order valence-electron chi connectivity index (χ0n) is 20.4. The Kier molecular flexibility index (Phi) is 15.0. The van der Waals surface area contributed by atoms with Gasteiger partial charge in [0.05, 0.1) is 0 Å². The van der Waals surface area contributed by atoms with E-state index in [1.165, 1.54) is 132 Å². The number of benzene rings is 2. The average molecular weight is 421 g/mol. The van der Waals surface area contributed by atoms with Gasteiger partial charge in [0.25, 0.3) is 0 Å². The van der Waals surface area contributed by atoms with Crippen molar-refractivity contribution in [1.82, 2.24) is 0 Å². The van der Waals surface area contributed by atoms with Crippen LogP contribution in [0.15, 0.2) is 54.6 Å². The van der Waals surface area contributed by atoms with Gasteiger partial charge in [-0.25, -0.2) is 0 Å². The minimum absolute atomic E-state index is 1.23. The van der Waals surface area contributed by atoms with Gasteiger partial charge in [0.15, 0.2) is 0 Å². The number of aryl methyl sites for hydroxylation is 1. The summed E-state index contributed by atoms with van der Waals surface area (Å²) in [6.07, 6.45) is 29.8. The highest BCUT2D eigenvalue weighted by atomic mass is 14.1. The standard InChI is InChI=1S/C31H48/c1-2-3-4-5-6-7-8-9-10-11-12-13-14-15-16-17-18-19-20-24-29-26-23-27-30-25-21-22-28-31(29)30/h12-13,21-23,25-28H,2-11,14-20,24H2,1H3/b13-12+. The molecular formula is C31H48. The van der Waals surface area contributed by atoms with E-state index in [1.54, 1.807) is 0 Å². The van der Waals surface area contributed by atoms with Gasteiger partial charge in [-0.05, 0) is 54.9 Å². The zero-order chi connectivity index (χ0) is 21.8. The fourth-order valence-electron chi connectivity index (χ4n) is 4.60. The van der Waals surface area contributed by atoms with Gasteiger partial charge in [0.1, 0.15) is 0 Å². The van der Waals surface area contributed by atoms with Crippen LogP contribution in [0.1, 0.15) is 122 Å². The van der Waals surface area contributed by atoms with Crippen LogP contribution in [0.2, 0.25) is 0 Å². The molecule has 0 nitrogen and oxygen atoms in total. The maximum Gasteiger partial charge on any atom is -0.0152 e. The predicted molar refractivity (Wildman–Crippen MR) is 141 cm³/mol. The van der Waals surface area contributed by atoms with Gasteiger partial charge in [0.2, 0.25) is 0 Å². The monoisotopic (exact) mass is 420 g/mol. The summed E-state index contributed by atoms with van der Waals surface area (Å²) in [6, 6.07) is 15.5. The lowest BCUT2D eigenvalue weighted by Crippen LogP contribution is -1.88. The van der Waals surface area contributed by atoms with Gasteiger partial charge in [-0.2, -0.15) is 0 Å². The topological polar surface area (TPSA) is 0 Å². The van der Waals surface area contributed by atoms with E-state index in [-0.39, 0.29) is 0 Å². The number of unbranched alkanes of at least 4 members (excludes halogenated alkanes) is 15. The van der Waals surface area contributed by atoms with E-state index in [0.29, 0.717) is 0 Å². The quantitative estimate of drug-likeness (QED) is 0.156. The third-order valence-corrected chi connectivity index (χ3v) is 6.59. The molecular weight excluding hydrogens is 372 g/mol. The summed E-state index contributed by atoms with van der Waals surface area (Å²) >= 11 is 0. The number of hydrogen-bond acceptors (Lipinski definition) is 0. The predicted octanol–water partition coefficient (Wildman–Crippen LogP) is 10.6. The van der Waals surface area contributed by atoms with Crippen molar-refractivity contribution in [3.63, 3.8) is 0 Å². The largest absolute Gasteiger partial charge is 0.0885 e. The van der Waals surface area contributed by atoms with E-state index in [2.05, 4.69) is 61.5 Å².